The molecule has 2 saturated carbocycles. The Morgan fingerprint density at radius 2 is 1.32 bits per heavy atom. The minimum atomic E-state index is 0. The van der Waals surface area contributed by atoms with Crippen molar-refractivity contribution in [2.75, 3.05) is 14.2 Å². The molecule has 0 aromatic carbocycles. The van der Waals surface area contributed by atoms with E-state index in [4.69, 9.17) is 10.2 Å². The molecule has 5 unspecified atom stereocenters. The summed E-state index contributed by atoms with van der Waals surface area (Å²) < 4.78 is 0.937. The molecular weight excluding hydrogens is 295 g/mol. The van der Waals surface area contributed by atoms with E-state index in [1.165, 1.54) is 25.7 Å². The van der Waals surface area contributed by atoms with Crippen molar-refractivity contribution in [2.45, 2.75) is 29.9 Å². The first-order chi connectivity index (χ1) is 8.88. The Labute approximate surface area is 135 Å². The monoisotopic (exact) mass is 318 g/mol. The summed E-state index contributed by atoms with van der Waals surface area (Å²) in [6, 6.07) is 0. The topological polar surface area (TPSA) is 46.1 Å². The van der Waals surface area contributed by atoms with Gasteiger partial charge in [0.05, 0.1) is 0 Å². The van der Waals surface area contributed by atoms with Crippen molar-refractivity contribution in [3.8, 4) is 0 Å². The van der Waals surface area contributed by atoms with Crippen LogP contribution in [0, 0.1) is 23.7 Å². The van der Waals surface area contributed by atoms with Crippen molar-refractivity contribution in [1.82, 2.24) is 0 Å². The van der Waals surface area contributed by atoms with E-state index < -0.39 is 0 Å². The van der Waals surface area contributed by atoms with Crippen LogP contribution in [0.4, 0.5) is 0 Å². The summed E-state index contributed by atoms with van der Waals surface area (Å²) in [4.78, 5) is 0. The predicted molar refractivity (Wildman–Crippen MR) is 66.3 cm³/mol. The van der Waals surface area contributed by atoms with E-state index in [0.29, 0.717) is 0 Å². The fraction of sp³-hybridized carbons (Fsp3) is 0.733. The van der Waals surface area contributed by atoms with E-state index in [9.17, 15) is 0 Å². The van der Waals surface area contributed by atoms with Gasteiger partial charge in [-0.15, -0.1) is 0 Å². The molecule has 0 heterocycles. The van der Waals surface area contributed by atoms with E-state index in [1.54, 1.807) is 0 Å². The van der Waals surface area contributed by atoms with Crippen molar-refractivity contribution in [3.05, 3.63) is 24.3 Å². The molecule has 0 spiro atoms. The number of fused-ring (bicyclic) bond motifs is 3. The summed E-state index contributed by atoms with van der Waals surface area (Å²) in [5.74, 6) is 3.81. The summed E-state index contributed by atoms with van der Waals surface area (Å²) in [6.07, 6.45) is 15.4. The average molecular weight is 319 g/mol. The SMILES string of the molecule is C[O-].C[O-].[Cl-].[Ti+3][CH]1C2C=CC=CC2C2CCCCC12. The third-order valence-corrected chi connectivity index (χ3v) is 5.74. The van der Waals surface area contributed by atoms with Crippen LogP contribution in [0.15, 0.2) is 24.3 Å². The Balaban J connectivity index is 0.000000597. The van der Waals surface area contributed by atoms with Gasteiger partial charge in [0.1, 0.15) is 0 Å². The molecule has 0 amide bonds. The molecule has 106 valence electrons. The van der Waals surface area contributed by atoms with Crippen LogP contribution in [0.2, 0.25) is 4.22 Å². The van der Waals surface area contributed by atoms with Crippen LogP contribution < -0.4 is 22.6 Å². The molecule has 4 heteroatoms. The molecule has 2 fully saturated rings. The van der Waals surface area contributed by atoms with E-state index in [-0.39, 0.29) is 12.4 Å². The molecule has 0 aromatic heterocycles. The zero-order chi connectivity index (χ0) is 13.5. The van der Waals surface area contributed by atoms with Crippen LogP contribution in [-0.4, -0.2) is 14.2 Å². The fourth-order valence-corrected chi connectivity index (χ4v) is 4.99. The Hall–Kier alpha value is 0.404. The number of allylic oxidation sites excluding steroid dienone is 4. The number of hydrogen-bond donors (Lipinski definition) is 0. The van der Waals surface area contributed by atoms with Crippen molar-refractivity contribution in [3.63, 3.8) is 0 Å². The van der Waals surface area contributed by atoms with Crippen molar-refractivity contribution < 1.29 is 43.1 Å². The predicted octanol–water partition coefficient (Wildman–Crippen LogP) is -1.54. The number of rotatable bonds is 0. The van der Waals surface area contributed by atoms with Gasteiger partial charge in [-0.2, -0.15) is 14.2 Å². The second-order valence-electron chi connectivity index (χ2n) is 5.06. The maximum absolute atomic E-state index is 8.25. The first kappa shape index (κ1) is 19.4. The summed E-state index contributed by atoms with van der Waals surface area (Å²) >= 11 is 2.48. The second kappa shape index (κ2) is 10.2. The summed E-state index contributed by atoms with van der Waals surface area (Å²) in [7, 11) is 1.50. The molecule has 3 aliphatic rings. The molecule has 0 aliphatic heterocycles. The van der Waals surface area contributed by atoms with Gasteiger partial charge in [0.25, 0.3) is 0 Å². The third kappa shape index (κ3) is 4.18. The van der Waals surface area contributed by atoms with Crippen molar-refractivity contribution >= 4 is 0 Å². The molecule has 0 bridgehead atoms. The standard InChI is InChI=1S/C13H17.2CH3O.ClH.Ti/c1-3-7-12-10(5-1)9-11-6-2-4-8-13(11)12;2*1-2;;/h1,3,5,7,9-13H,2,4,6,8H2;2*1H3;1H;/q;2*-1;;+3/p-1. The van der Waals surface area contributed by atoms with Gasteiger partial charge in [-0.3, -0.25) is 0 Å². The van der Waals surface area contributed by atoms with Gasteiger partial charge in [0.15, 0.2) is 0 Å². The Morgan fingerprint density at radius 3 is 1.89 bits per heavy atom. The van der Waals surface area contributed by atoms with Gasteiger partial charge in [0, 0.05) is 0 Å². The molecule has 0 aromatic rings. The zero-order valence-electron chi connectivity index (χ0n) is 11.7. The minimum absolute atomic E-state index is 0. The van der Waals surface area contributed by atoms with Gasteiger partial charge in [0.2, 0.25) is 0 Å². The molecule has 3 aliphatic carbocycles. The van der Waals surface area contributed by atoms with E-state index >= 15 is 0 Å². The number of hydrogen-bond acceptors (Lipinski definition) is 2. The Morgan fingerprint density at radius 1 is 0.842 bits per heavy atom. The van der Waals surface area contributed by atoms with E-state index in [1.807, 2.05) is 0 Å². The molecule has 0 N–H and O–H groups in total. The van der Waals surface area contributed by atoms with Crippen LogP contribution in [0.25, 0.3) is 0 Å². The van der Waals surface area contributed by atoms with Crippen LogP contribution in [0.5, 0.6) is 0 Å². The molecule has 2 nitrogen and oxygen atoms in total. The molecular formula is C15H23ClO2Ti. The van der Waals surface area contributed by atoms with E-state index in [0.717, 1.165) is 42.1 Å². The van der Waals surface area contributed by atoms with E-state index in [2.05, 4.69) is 44.7 Å². The van der Waals surface area contributed by atoms with Crippen LogP contribution in [-0.2, 0) is 20.4 Å². The molecule has 5 atom stereocenters. The number of halogens is 1. The second-order valence-corrected chi connectivity index (χ2v) is 6.10. The Kier molecular flexibility index (Phi) is 10.4. The van der Waals surface area contributed by atoms with Gasteiger partial charge >= 0.3 is 98.3 Å². The van der Waals surface area contributed by atoms with Crippen LogP contribution in [0.3, 0.4) is 0 Å². The first-order valence-corrected chi connectivity index (χ1v) is 7.66. The third-order valence-electron chi connectivity index (χ3n) is 4.47. The van der Waals surface area contributed by atoms with Gasteiger partial charge in [-0.05, 0) is 0 Å². The molecule has 0 radical (unpaired) electrons. The normalized spacial score (nSPS) is 37.7. The fourth-order valence-electron chi connectivity index (χ4n) is 3.83. The average Bonchev–Trinajstić information content (AvgIpc) is 2.78. The molecule has 0 saturated heterocycles. The molecule has 3 rings (SSSR count). The van der Waals surface area contributed by atoms with Crippen molar-refractivity contribution in [2.24, 2.45) is 23.7 Å². The summed E-state index contributed by atoms with van der Waals surface area (Å²) in [5, 5.41) is 16.5. The Bertz CT molecular complexity index is 294. The van der Waals surface area contributed by atoms with Gasteiger partial charge in [-0.1, -0.05) is 0 Å². The van der Waals surface area contributed by atoms with Crippen LogP contribution >= 0.6 is 0 Å². The molecule has 19 heavy (non-hydrogen) atoms. The maximum atomic E-state index is 8.25. The summed E-state index contributed by atoms with van der Waals surface area (Å²) in [6.45, 7) is 0. The van der Waals surface area contributed by atoms with Gasteiger partial charge < -0.3 is 22.6 Å². The first-order valence-electron chi connectivity index (χ1n) is 6.76. The van der Waals surface area contributed by atoms with Gasteiger partial charge in [-0.25, -0.2) is 0 Å². The zero-order valence-corrected chi connectivity index (χ0v) is 14.0. The van der Waals surface area contributed by atoms with Crippen molar-refractivity contribution in [1.29, 1.82) is 0 Å². The quantitative estimate of drug-likeness (QED) is 0.508. The van der Waals surface area contributed by atoms with Crippen LogP contribution in [0.1, 0.15) is 25.7 Å². The summed E-state index contributed by atoms with van der Waals surface area (Å²) in [5.41, 5.74) is 0.